The van der Waals surface area contributed by atoms with Crippen molar-refractivity contribution in [1.29, 1.82) is 0 Å². The second kappa shape index (κ2) is 4.30. The first-order valence-electron chi connectivity index (χ1n) is 5.24. The summed E-state index contributed by atoms with van der Waals surface area (Å²) in [6.07, 6.45) is -1.09. The van der Waals surface area contributed by atoms with Crippen molar-refractivity contribution in [1.82, 2.24) is 0 Å². The van der Waals surface area contributed by atoms with Crippen molar-refractivity contribution in [2.75, 3.05) is 14.2 Å². The van der Waals surface area contributed by atoms with Gasteiger partial charge in [-0.1, -0.05) is 0 Å². The number of carbonyl (C=O) groups is 2. The average Bonchev–Trinajstić information content (AvgIpc) is 2.35. The van der Waals surface area contributed by atoms with Gasteiger partial charge in [-0.05, 0) is 0 Å². The molecule has 1 aromatic rings. The van der Waals surface area contributed by atoms with E-state index in [1.165, 1.54) is 14.2 Å². The monoisotopic (exact) mass is 252 g/mol. The Kier molecular flexibility index (Phi) is 2.96. The lowest BCUT2D eigenvalue weighted by atomic mass is 9.86. The third-order valence-corrected chi connectivity index (χ3v) is 2.94. The summed E-state index contributed by atoms with van der Waals surface area (Å²) in [5, 5.41) is 19.6. The maximum absolute atomic E-state index is 12.0. The molecule has 0 aromatic heterocycles. The normalized spacial score (nSPS) is 18.7. The highest BCUT2D eigenvalue weighted by molar-refractivity contribution is 6.19. The maximum Gasteiger partial charge on any atom is 0.196 e. The van der Waals surface area contributed by atoms with E-state index in [4.69, 9.17) is 9.47 Å². The first-order chi connectivity index (χ1) is 8.51. The number of hydrogen-bond acceptors (Lipinski definition) is 6. The highest BCUT2D eigenvalue weighted by atomic mass is 16.5. The van der Waals surface area contributed by atoms with E-state index in [1.54, 1.807) is 0 Å². The molecular formula is C12H12O6. The van der Waals surface area contributed by atoms with Crippen molar-refractivity contribution in [3.8, 4) is 17.2 Å². The minimum Gasteiger partial charge on any atom is -0.507 e. The molecule has 0 spiro atoms. The van der Waals surface area contributed by atoms with Crippen LogP contribution < -0.4 is 4.74 Å². The topological polar surface area (TPSA) is 93.1 Å². The van der Waals surface area contributed by atoms with Crippen LogP contribution in [0.15, 0.2) is 6.07 Å². The van der Waals surface area contributed by atoms with Gasteiger partial charge in [0.1, 0.15) is 11.9 Å². The zero-order valence-corrected chi connectivity index (χ0v) is 9.89. The Morgan fingerprint density at radius 3 is 2.44 bits per heavy atom. The number of phenolic OH excluding ortho intramolecular Hbond substituents is 2. The molecule has 0 saturated heterocycles. The van der Waals surface area contributed by atoms with Gasteiger partial charge < -0.3 is 19.7 Å². The molecule has 0 aliphatic heterocycles. The van der Waals surface area contributed by atoms with Crippen molar-refractivity contribution < 1.29 is 29.3 Å². The van der Waals surface area contributed by atoms with E-state index in [9.17, 15) is 19.8 Å². The molecule has 1 aliphatic carbocycles. The maximum atomic E-state index is 12.0. The molecule has 0 heterocycles. The van der Waals surface area contributed by atoms with Crippen LogP contribution in [0.2, 0.25) is 0 Å². The Labute approximate surface area is 103 Å². The summed E-state index contributed by atoms with van der Waals surface area (Å²) in [7, 11) is 2.59. The van der Waals surface area contributed by atoms with Crippen LogP contribution in [0.1, 0.15) is 27.1 Å². The second-order valence-electron chi connectivity index (χ2n) is 3.91. The molecule has 0 saturated carbocycles. The lowest BCUT2D eigenvalue weighted by Gasteiger charge is -2.23. The number of carbonyl (C=O) groups excluding carboxylic acids is 2. The molecule has 6 nitrogen and oxygen atoms in total. The molecule has 96 valence electrons. The van der Waals surface area contributed by atoms with Gasteiger partial charge in [0.15, 0.2) is 23.1 Å². The summed E-state index contributed by atoms with van der Waals surface area (Å²) in [6, 6.07) is 1.09. The van der Waals surface area contributed by atoms with Gasteiger partial charge in [-0.3, -0.25) is 9.59 Å². The van der Waals surface area contributed by atoms with Gasteiger partial charge in [-0.2, -0.15) is 0 Å². The van der Waals surface area contributed by atoms with E-state index in [0.717, 1.165) is 6.07 Å². The minimum absolute atomic E-state index is 0.0525. The van der Waals surface area contributed by atoms with E-state index in [0.29, 0.717) is 0 Å². The molecule has 1 unspecified atom stereocenters. The number of ether oxygens (including phenoxy) is 2. The molecule has 2 rings (SSSR count). The van der Waals surface area contributed by atoms with Gasteiger partial charge in [0.25, 0.3) is 0 Å². The number of Topliss-reactive ketones (excluding diaryl/α,β-unsaturated/α-hetero) is 2. The highest BCUT2D eigenvalue weighted by Crippen LogP contribution is 2.42. The first kappa shape index (κ1) is 12.4. The number of methoxy groups -OCH3 is 2. The minimum atomic E-state index is -0.927. The molecule has 6 heteroatoms. The smallest absolute Gasteiger partial charge is 0.196 e. The molecule has 1 aliphatic rings. The van der Waals surface area contributed by atoms with Gasteiger partial charge in [-0.25, -0.2) is 0 Å². The molecule has 0 amide bonds. The van der Waals surface area contributed by atoms with Crippen LogP contribution in [0.3, 0.4) is 0 Å². The Hall–Kier alpha value is -2.08. The lowest BCUT2D eigenvalue weighted by molar-refractivity contribution is 0.0513. The van der Waals surface area contributed by atoms with Gasteiger partial charge >= 0.3 is 0 Å². The fourth-order valence-corrected chi connectivity index (χ4v) is 2.03. The predicted molar refractivity (Wildman–Crippen MR) is 60.4 cm³/mol. The van der Waals surface area contributed by atoms with Crippen molar-refractivity contribution in [3.05, 3.63) is 17.2 Å². The summed E-state index contributed by atoms with van der Waals surface area (Å²) in [5.41, 5.74) is -0.415. The van der Waals surface area contributed by atoms with E-state index in [-0.39, 0.29) is 23.3 Å². The Morgan fingerprint density at radius 1 is 1.22 bits per heavy atom. The van der Waals surface area contributed by atoms with E-state index >= 15 is 0 Å². The largest absolute Gasteiger partial charge is 0.507 e. The van der Waals surface area contributed by atoms with Crippen LogP contribution in [0.4, 0.5) is 0 Å². The Bertz CT molecular complexity index is 534. The third-order valence-electron chi connectivity index (χ3n) is 2.94. The highest BCUT2D eigenvalue weighted by Gasteiger charge is 2.38. The summed E-state index contributed by atoms with van der Waals surface area (Å²) in [5.74, 6) is -1.88. The fraction of sp³-hybridized carbons (Fsp3) is 0.333. The lowest BCUT2D eigenvalue weighted by Crippen LogP contribution is -2.33. The Morgan fingerprint density at radius 2 is 1.89 bits per heavy atom. The number of benzene rings is 1. The summed E-state index contributed by atoms with van der Waals surface area (Å²) in [4.78, 5) is 23.9. The van der Waals surface area contributed by atoms with Crippen LogP contribution in [-0.4, -0.2) is 42.1 Å². The van der Waals surface area contributed by atoms with E-state index < -0.39 is 29.2 Å². The molecule has 0 fully saturated rings. The molecule has 2 N–H and O–H groups in total. The number of hydrogen-bond donors (Lipinski definition) is 2. The summed E-state index contributed by atoms with van der Waals surface area (Å²) < 4.78 is 9.71. The SMILES string of the molecule is COc1cc(O)c2c(c1O)C(=O)CC(OC)C2=O. The summed E-state index contributed by atoms with van der Waals surface area (Å²) in [6.45, 7) is 0. The third kappa shape index (κ3) is 1.62. The number of fused-ring (bicyclic) bond motifs is 1. The van der Waals surface area contributed by atoms with E-state index in [1.807, 2.05) is 0 Å². The number of ketones is 2. The van der Waals surface area contributed by atoms with Crippen LogP contribution >= 0.6 is 0 Å². The van der Waals surface area contributed by atoms with Crippen LogP contribution in [0.25, 0.3) is 0 Å². The molecule has 1 atom stereocenters. The molecule has 18 heavy (non-hydrogen) atoms. The standard InChI is InChI=1S/C12H12O6/c1-17-7-3-5(13)10-9(11(7)15)6(14)4-8(18-2)12(10)16/h3,8,13,15H,4H2,1-2H3. The number of aromatic hydroxyl groups is 2. The molecule has 0 radical (unpaired) electrons. The predicted octanol–water partition coefficient (Wildman–Crippen LogP) is 0.890. The van der Waals surface area contributed by atoms with Crippen LogP contribution in [0, 0.1) is 0 Å². The van der Waals surface area contributed by atoms with Gasteiger partial charge in [0, 0.05) is 19.6 Å². The molecule has 0 bridgehead atoms. The van der Waals surface area contributed by atoms with Gasteiger partial charge in [0.05, 0.1) is 18.2 Å². The average molecular weight is 252 g/mol. The number of phenols is 2. The van der Waals surface area contributed by atoms with Crippen LogP contribution in [-0.2, 0) is 4.74 Å². The second-order valence-corrected chi connectivity index (χ2v) is 3.91. The zero-order chi connectivity index (χ0) is 13.4. The zero-order valence-electron chi connectivity index (χ0n) is 9.89. The first-order valence-corrected chi connectivity index (χ1v) is 5.24. The van der Waals surface area contributed by atoms with Gasteiger partial charge in [-0.15, -0.1) is 0 Å². The van der Waals surface area contributed by atoms with Crippen molar-refractivity contribution in [2.45, 2.75) is 12.5 Å². The van der Waals surface area contributed by atoms with Crippen molar-refractivity contribution in [2.24, 2.45) is 0 Å². The van der Waals surface area contributed by atoms with Crippen molar-refractivity contribution >= 4 is 11.6 Å². The van der Waals surface area contributed by atoms with Gasteiger partial charge in [0.2, 0.25) is 0 Å². The fourth-order valence-electron chi connectivity index (χ4n) is 2.03. The summed E-state index contributed by atoms with van der Waals surface area (Å²) >= 11 is 0. The quantitative estimate of drug-likeness (QED) is 0.759. The van der Waals surface area contributed by atoms with Crippen LogP contribution in [0.5, 0.6) is 17.2 Å². The van der Waals surface area contributed by atoms with Crippen molar-refractivity contribution in [3.63, 3.8) is 0 Å². The molecule has 1 aromatic carbocycles. The molecular weight excluding hydrogens is 240 g/mol. The Balaban J connectivity index is 2.71. The number of rotatable bonds is 2. The van der Waals surface area contributed by atoms with E-state index in [2.05, 4.69) is 0 Å².